The molecule has 1 aromatic carbocycles. The Balaban J connectivity index is 1.51. The van der Waals surface area contributed by atoms with Crippen LogP contribution in [0.1, 0.15) is 50.5 Å². The van der Waals surface area contributed by atoms with Crippen molar-refractivity contribution in [2.75, 3.05) is 18.6 Å². The second-order valence-electron chi connectivity index (χ2n) is 6.79. The van der Waals surface area contributed by atoms with Crippen LogP contribution in [0.4, 0.5) is 5.69 Å². The number of rotatable bonds is 5. The summed E-state index contributed by atoms with van der Waals surface area (Å²) in [5.74, 6) is 0.0194. The van der Waals surface area contributed by atoms with Crippen LogP contribution in [0, 0.1) is 0 Å². The molecule has 4 nitrogen and oxygen atoms in total. The average molecular weight is 316 g/mol. The van der Waals surface area contributed by atoms with E-state index in [1.165, 1.54) is 37.8 Å². The molecule has 3 rings (SSSR count). The highest BCUT2D eigenvalue weighted by Gasteiger charge is 2.23. The summed E-state index contributed by atoms with van der Waals surface area (Å²) < 4.78 is 5.40. The maximum Gasteiger partial charge on any atom is 0.249 e. The van der Waals surface area contributed by atoms with E-state index in [0.29, 0.717) is 19.2 Å². The van der Waals surface area contributed by atoms with E-state index in [1.54, 1.807) is 0 Å². The van der Waals surface area contributed by atoms with Crippen LogP contribution in [-0.2, 0) is 16.1 Å². The van der Waals surface area contributed by atoms with E-state index < -0.39 is 0 Å². The Hall–Kier alpha value is -1.55. The third-order valence-electron chi connectivity index (χ3n) is 5.15. The first-order chi connectivity index (χ1) is 11.2. The van der Waals surface area contributed by atoms with Gasteiger partial charge in [-0.3, -0.25) is 4.79 Å². The summed E-state index contributed by atoms with van der Waals surface area (Å²) in [7, 11) is 2.20. The maximum atomic E-state index is 12.0. The number of ether oxygens (including phenoxy) is 1. The molecule has 126 valence electrons. The number of carbonyl (C=O) groups is 1. The molecule has 1 heterocycles. The zero-order valence-corrected chi connectivity index (χ0v) is 14.1. The zero-order valence-electron chi connectivity index (χ0n) is 14.1. The van der Waals surface area contributed by atoms with Gasteiger partial charge < -0.3 is 15.0 Å². The third-order valence-corrected chi connectivity index (χ3v) is 5.15. The van der Waals surface area contributed by atoms with E-state index in [0.717, 1.165) is 18.4 Å². The normalized spacial score (nSPS) is 22.0. The molecule has 2 aliphatic rings. The van der Waals surface area contributed by atoms with Crippen LogP contribution >= 0.6 is 0 Å². The van der Waals surface area contributed by atoms with Crippen molar-refractivity contribution in [2.45, 2.75) is 63.6 Å². The van der Waals surface area contributed by atoms with Crippen LogP contribution in [0.25, 0.3) is 0 Å². The third kappa shape index (κ3) is 4.25. The van der Waals surface area contributed by atoms with E-state index >= 15 is 0 Å². The molecule has 1 atom stereocenters. The van der Waals surface area contributed by atoms with Gasteiger partial charge in [0.05, 0.1) is 0 Å². The van der Waals surface area contributed by atoms with Crippen molar-refractivity contribution < 1.29 is 9.53 Å². The van der Waals surface area contributed by atoms with Gasteiger partial charge in [-0.1, -0.05) is 31.4 Å². The van der Waals surface area contributed by atoms with E-state index in [4.69, 9.17) is 4.74 Å². The predicted molar refractivity (Wildman–Crippen MR) is 92.5 cm³/mol. The molecule has 0 radical (unpaired) electrons. The number of carbonyl (C=O) groups excluding carboxylic acids is 1. The number of benzene rings is 1. The smallest absolute Gasteiger partial charge is 0.249 e. The van der Waals surface area contributed by atoms with Crippen LogP contribution < -0.4 is 10.2 Å². The lowest BCUT2D eigenvalue weighted by Gasteiger charge is -2.33. The Morgan fingerprint density at radius 3 is 2.52 bits per heavy atom. The molecule has 23 heavy (non-hydrogen) atoms. The largest absolute Gasteiger partial charge is 0.372 e. The maximum absolute atomic E-state index is 12.0. The molecule has 1 N–H and O–H groups in total. The van der Waals surface area contributed by atoms with Gasteiger partial charge in [0.2, 0.25) is 5.91 Å². The molecule has 1 aliphatic carbocycles. The molecule has 0 unspecified atom stereocenters. The first kappa shape index (κ1) is 16.3. The predicted octanol–water partition coefficient (Wildman–Crippen LogP) is 3.25. The Morgan fingerprint density at radius 1 is 1.13 bits per heavy atom. The fraction of sp³-hybridized carbons (Fsp3) is 0.632. The highest BCUT2D eigenvalue weighted by atomic mass is 16.5. The van der Waals surface area contributed by atoms with E-state index in [2.05, 4.69) is 41.5 Å². The van der Waals surface area contributed by atoms with Gasteiger partial charge in [0.1, 0.15) is 6.10 Å². The van der Waals surface area contributed by atoms with Gasteiger partial charge in [-0.05, 0) is 43.4 Å². The molecule has 0 aromatic heterocycles. The number of nitrogens with one attached hydrogen (secondary N) is 1. The second kappa shape index (κ2) is 7.82. The topological polar surface area (TPSA) is 41.6 Å². The summed E-state index contributed by atoms with van der Waals surface area (Å²) in [6, 6.07) is 9.24. The van der Waals surface area contributed by atoms with Gasteiger partial charge in [0.25, 0.3) is 0 Å². The van der Waals surface area contributed by atoms with Gasteiger partial charge in [0, 0.05) is 31.9 Å². The van der Waals surface area contributed by atoms with Gasteiger partial charge in [0.15, 0.2) is 0 Å². The Kier molecular flexibility index (Phi) is 5.55. The minimum absolute atomic E-state index is 0.0194. The summed E-state index contributed by atoms with van der Waals surface area (Å²) in [6.07, 6.45) is 8.27. The standard InChI is InChI=1S/C19H28N2O2/c1-21(16-6-3-2-4-7-16)17-11-9-15(10-12-17)14-20-19(22)18-8-5-13-23-18/h9-12,16,18H,2-8,13-14H2,1H3,(H,20,22)/t18-/m1/s1. The summed E-state index contributed by atoms with van der Waals surface area (Å²) in [6.45, 7) is 1.28. The average Bonchev–Trinajstić information content (AvgIpc) is 3.15. The first-order valence-corrected chi connectivity index (χ1v) is 8.95. The van der Waals surface area contributed by atoms with Crippen molar-refractivity contribution in [3.63, 3.8) is 0 Å². The van der Waals surface area contributed by atoms with Gasteiger partial charge in [-0.25, -0.2) is 0 Å². The summed E-state index contributed by atoms with van der Waals surface area (Å²) in [5.41, 5.74) is 2.41. The second-order valence-corrected chi connectivity index (χ2v) is 6.79. The van der Waals surface area contributed by atoms with E-state index in [1.807, 2.05) is 0 Å². The Morgan fingerprint density at radius 2 is 1.87 bits per heavy atom. The fourth-order valence-corrected chi connectivity index (χ4v) is 3.62. The quantitative estimate of drug-likeness (QED) is 0.906. The summed E-state index contributed by atoms with van der Waals surface area (Å²) in [5, 5.41) is 2.98. The van der Waals surface area contributed by atoms with Crippen molar-refractivity contribution in [3.8, 4) is 0 Å². The zero-order chi connectivity index (χ0) is 16.1. The van der Waals surface area contributed by atoms with Crippen molar-refractivity contribution in [1.29, 1.82) is 0 Å². The monoisotopic (exact) mass is 316 g/mol. The molecule has 1 aliphatic heterocycles. The summed E-state index contributed by atoms with van der Waals surface area (Å²) in [4.78, 5) is 14.4. The highest BCUT2D eigenvalue weighted by molar-refractivity contribution is 5.80. The Labute approximate surface area is 139 Å². The van der Waals surface area contributed by atoms with Crippen LogP contribution in [0.5, 0.6) is 0 Å². The van der Waals surface area contributed by atoms with Crippen LogP contribution in [0.3, 0.4) is 0 Å². The number of hydrogen-bond acceptors (Lipinski definition) is 3. The molecule has 1 saturated carbocycles. The van der Waals surface area contributed by atoms with Crippen LogP contribution in [-0.4, -0.2) is 31.7 Å². The van der Waals surface area contributed by atoms with E-state index in [-0.39, 0.29) is 12.0 Å². The van der Waals surface area contributed by atoms with Crippen molar-refractivity contribution in [3.05, 3.63) is 29.8 Å². The van der Waals surface area contributed by atoms with Crippen LogP contribution in [0.15, 0.2) is 24.3 Å². The number of amides is 1. The van der Waals surface area contributed by atoms with E-state index in [9.17, 15) is 4.79 Å². The Bertz CT molecular complexity index is 503. The molecule has 4 heteroatoms. The summed E-state index contributed by atoms with van der Waals surface area (Å²) >= 11 is 0. The molecule has 1 saturated heterocycles. The molecule has 0 bridgehead atoms. The van der Waals surface area contributed by atoms with Crippen molar-refractivity contribution in [2.24, 2.45) is 0 Å². The van der Waals surface area contributed by atoms with Gasteiger partial charge in [-0.15, -0.1) is 0 Å². The lowest BCUT2D eigenvalue weighted by atomic mass is 9.94. The van der Waals surface area contributed by atoms with Crippen molar-refractivity contribution >= 4 is 11.6 Å². The molecule has 1 aromatic rings. The highest BCUT2D eigenvalue weighted by Crippen LogP contribution is 2.26. The van der Waals surface area contributed by atoms with Crippen molar-refractivity contribution in [1.82, 2.24) is 5.32 Å². The minimum Gasteiger partial charge on any atom is -0.372 e. The molecular weight excluding hydrogens is 288 g/mol. The lowest BCUT2D eigenvalue weighted by Crippen LogP contribution is -2.34. The fourth-order valence-electron chi connectivity index (χ4n) is 3.62. The SMILES string of the molecule is CN(c1ccc(CNC(=O)[C@H]2CCCO2)cc1)C1CCCCC1. The van der Waals surface area contributed by atoms with Gasteiger partial charge >= 0.3 is 0 Å². The molecular formula is C19H28N2O2. The van der Waals surface area contributed by atoms with Gasteiger partial charge in [-0.2, -0.15) is 0 Å². The number of anilines is 1. The molecule has 1 amide bonds. The minimum atomic E-state index is -0.244. The first-order valence-electron chi connectivity index (χ1n) is 8.95. The number of hydrogen-bond donors (Lipinski definition) is 1. The lowest BCUT2D eigenvalue weighted by molar-refractivity contribution is -0.130. The molecule has 0 spiro atoms. The number of nitrogens with zero attached hydrogens (tertiary/aromatic N) is 1. The molecule has 2 fully saturated rings. The van der Waals surface area contributed by atoms with Crippen LogP contribution in [0.2, 0.25) is 0 Å².